The van der Waals surface area contributed by atoms with Crippen molar-refractivity contribution in [3.63, 3.8) is 0 Å². The first-order valence-electron chi connectivity index (χ1n) is 5.72. The average Bonchev–Trinajstić information content (AvgIpc) is 3.09. The molecular weight excluding hydrogens is 216 g/mol. The van der Waals surface area contributed by atoms with Gasteiger partial charge in [-0.2, -0.15) is 0 Å². The Kier molecular flexibility index (Phi) is 3.02. The molecule has 0 bridgehead atoms. The lowest BCUT2D eigenvalue weighted by Crippen LogP contribution is -2.31. The number of carbonyl (C=O) groups excluding carboxylic acids is 1. The monoisotopic (exact) mass is 234 g/mol. The molecule has 0 unspecified atom stereocenters. The standard InChI is InChI=1S/C12H18N4O/c1-16(2)11(17)10-7-9(3-6-14-10)15-12(8-13)4-5-12/h3,6-7H,4-5,8,13H2,1-2H3,(H,14,15). The number of nitrogens with one attached hydrogen (secondary N) is 1. The molecule has 0 aliphatic heterocycles. The van der Waals surface area contributed by atoms with Gasteiger partial charge in [-0.25, -0.2) is 0 Å². The van der Waals surface area contributed by atoms with Crippen LogP contribution in [0.1, 0.15) is 23.3 Å². The van der Waals surface area contributed by atoms with Gasteiger partial charge in [0.25, 0.3) is 5.91 Å². The number of rotatable bonds is 4. The molecule has 0 saturated heterocycles. The van der Waals surface area contributed by atoms with Gasteiger partial charge in [-0.1, -0.05) is 0 Å². The maximum absolute atomic E-state index is 11.8. The van der Waals surface area contributed by atoms with E-state index in [2.05, 4.69) is 10.3 Å². The van der Waals surface area contributed by atoms with Crippen LogP contribution in [0.4, 0.5) is 5.69 Å². The second kappa shape index (κ2) is 4.33. The Balaban J connectivity index is 2.14. The highest BCUT2D eigenvalue weighted by Gasteiger charge is 2.41. The maximum atomic E-state index is 11.8. The summed E-state index contributed by atoms with van der Waals surface area (Å²) in [5.41, 5.74) is 7.11. The van der Waals surface area contributed by atoms with E-state index in [1.165, 1.54) is 4.90 Å². The smallest absolute Gasteiger partial charge is 0.272 e. The summed E-state index contributed by atoms with van der Waals surface area (Å²) >= 11 is 0. The van der Waals surface area contributed by atoms with E-state index in [1.54, 1.807) is 26.4 Å². The molecule has 5 heteroatoms. The molecule has 0 spiro atoms. The molecule has 0 aromatic carbocycles. The van der Waals surface area contributed by atoms with E-state index in [9.17, 15) is 4.79 Å². The van der Waals surface area contributed by atoms with Gasteiger partial charge >= 0.3 is 0 Å². The Labute approximate surface area is 101 Å². The van der Waals surface area contributed by atoms with Crippen LogP contribution in [0.25, 0.3) is 0 Å². The largest absolute Gasteiger partial charge is 0.378 e. The average molecular weight is 234 g/mol. The molecule has 1 aliphatic carbocycles. The first kappa shape index (κ1) is 11.9. The van der Waals surface area contributed by atoms with Gasteiger partial charge in [-0.05, 0) is 25.0 Å². The van der Waals surface area contributed by atoms with Crippen molar-refractivity contribution in [3.05, 3.63) is 24.0 Å². The fraction of sp³-hybridized carbons (Fsp3) is 0.500. The third kappa shape index (κ3) is 2.55. The van der Waals surface area contributed by atoms with Crippen LogP contribution in [-0.4, -0.2) is 42.0 Å². The number of aromatic nitrogens is 1. The number of hydrogen-bond acceptors (Lipinski definition) is 4. The Hall–Kier alpha value is -1.62. The number of nitrogens with zero attached hydrogens (tertiary/aromatic N) is 2. The maximum Gasteiger partial charge on any atom is 0.272 e. The fourth-order valence-electron chi connectivity index (χ4n) is 1.69. The van der Waals surface area contributed by atoms with Crippen molar-refractivity contribution in [1.82, 2.24) is 9.88 Å². The molecule has 5 nitrogen and oxygen atoms in total. The molecule has 0 radical (unpaired) electrons. The third-order valence-corrected chi connectivity index (χ3v) is 3.04. The zero-order valence-electron chi connectivity index (χ0n) is 10.2. The van der Waals surface area contributed by atoms with Crippen molar-refractivity contribution in [2.24, 2.45) is 5.73 Å². The number of pyridine rings is 1. The Morgan fingerprint density at radius 1 is 1.59 bits per heavy atom. The Bertz CT molecular complexity index is 426. The normalized spacial score (nSPS) is 16.4. The van der Waals surface area contributed by atoms with Gasteiger partial charge in [0.05, 0.1) is 0 Å². The predicted molar refractivity (Wildman–Crippen MR) is 66.9 cm³/mol. The lowest BCUT2D eigenvalue weighted by molar-refractivity contribution is 0.0822. The number of amides is 1. The van der Waals surface area contributed by atoms with E-state index >= 15 is 0 Å². The van der Waals surface area contributed by atoms with Crippen LogP contribution >= 0.6 is 0 Å². The lowest BCUT2D eigenvalue weighted by Gasteiger charge is -2.17. The fourth-order valence-corrected chi connectivity index (χ4v) is 1.69. The molecule has 1 heterocycles. The molecule has 1 amide bonds. The summed E-state index contributed by atoms with van der Waals surface area (Å²) < 4.78 is 0. The van der Waals surface area contributed by atoms with Crippen LogP contribution in [0.15, 0.2) is 18.3 Å². The molecule has 3 N–H and O–H groups in total. The van der Waals surface area contributed by atoms with Crippen molar-refractivity contribution < 1.29 is 4.79 Å². The molecule has 1 fully saturated rings. The van der Waals surface area contributed by atoms with E-state index in [4.69, 9.17) is 5.73 Å². The highest BCUT2D eigenvalue weighted by atomic mass is 16.2. The minimum atomic E-state index is -0.0914. The zero-order chi connectivity index (χ0) is 12.5. The SMILES string of the molecule is CN(C)C(=O)c1cc(NC2(CN)CC2)ccn1. The Morgan fingerprint density at radius 3 is 2.82 bits per heavy atom. The van der Waals surface area contributed by atoms with Crippen LogP contribution in [-0.2, 0) is 0 Å². The summed E-state index contributed by atoms with van der Waals surface area (Å²) in [5.74, 6) is -0.0914. The van der Waals surface area contributed by atoms with Crippen molar-refractivity contribution in [3.8, 4) is 0 Å². The number of nitrogens with two attached hydrogens (primary N) is 1. The minimum Gasteiger partial charge on any atom is -0.378 e. The number of hydrogen-bond donors (Lipinski definition) is 2. The van der Waals surface area contributed by atoms with Gasteiger partial charge in [0, 0.05) is 38.1 Å². The van der Waals surface area contributed by atoms with Gasteiger partial charge in [-0.15, -0.1) is 0 Å². The summed E-state index contributed by atoms with van der Waals surface area (Å²) in [4.78, 5) is 17.3. The molecule has 92 valence electrons. The van der Waals surface area contributed by atoms with Crippen LogP contribution in [0.2, 0.25) is 0 Å². The topological polar surface area (TPSA) is 71.2 Å². The van der Waals surface area contributed by atoms with Crippen LogP contribution in [0.5, 0.6) is 0 Å². The van der Waals surface area contributed by atoms with Crippen LogP contribution in [0.3, 0.4) is 0 Å². The van der Waals surface area contributed by atoms with Crippen molar-refractivity contribution >= 4 is 11.6 Å². The summed E-state index contributed by atoms with van der Waals surface area (Å²) in [6.07, 6.45) is 3.82. The zero-order valence-corrected chi connectivity index (χ0v) is 10.2. The van der Waals surface area contributed by atoms with Gasteiger partial charge in [-0.3, -0.25) is 9.78 Å². The Morgan fingerprint density at radius 2 is 2.29 bits per heavy atom. The van der Waals surface area contributed by atoms with Gasteiger partial charge < -0.3 is 16.0 Å². The molecular formula is C12H18N4O. The molecule has 1 aromatic heterocycles. The van der Waals surface area contributed by atoms with Crippen LogP contribution < -0.4 is 11.1 Å². The third-order valence-electron chi connectivity index (χ3n) is 3.04. The highest BCUT2D eigenvalue weighted by Crippen LogP contribution is 2.37. The summed E-state index contributed by atoms with van der Waals surface area (Å²) in [6, 6.07) is 3.64. The van der Waals surface area contributed by atoms with E-state index in [1.807, 2.05) is 6.07 Å². The minimum absolute atomic E-state index is 0.0415. The van der Waals surface area contributed by atoms with Gasteiger partial charge in [0.1, 0.15) is 5.69 Å². The van der Waals surface area contributed by atoms with Crippen molar-refractivity contribution in [1.29, 1.82) is 0 Å². The molecule has 2 rings (SSSR count). The lowest BCUT2D eigenvalue weighted by atomic mass is 10.2. The number of anilines is 1. The first-order chi connectivity index (χ1) is 8.06. The van der Waals surface area contributed by atoms with E-state index < -0.39 is 0 Å². The van der Waals surface area contributed by atoms with Gasteiger partial charge in [0.2, 0.25) is 0 Å². The summed E-state index contributed by atoms with van der Waals surface area (Å²) in [5, 5.41) is 3.38. The molecule has 17 heavy (non-hydrogen) atoms. The highest BCUT2D eigenvalue weighted by molar-refractivity contribution is 5.92. The van der Waals surface area contributed by atoms with Crippen molar-refractivity contribution in [2.45, 2.75) is 18.4 Å². The summed E-state index contributed by atoms with van der Waals surface area (Å²) in [7, 11) is 3.43. The van der Waals surface area contributed by atoms with Gasteiger partial charge in [0.15, 0.2) is 0 Å². The quantitative estimate of drug-likeness (QED) is 0.804. The second-order valence-electron chi connectivity index (χ2n) is 4.74. The molecule has 1 aliphatic rings. The second-order valence-corrected chi connectivity index (χ2v) is 4.74. The molecule has 0 atom stereocenters. The summed E-state index contributed by atoms with van der Waals surface area (Å²) in [6.45, 7) is 0.617. The number of carbonyl (C=O) groups is 1. The van der Waals surface area contributed by atoms with Crippen molar-refractivity contribution in [2.75, 3.05) is 26.0 Å². The molecule has 1 aromatic rings. The van der Waals surface area contributed by atoms with E-state index in [0.717, 1.165) is 18.5 Å². The van der Waals surface area contributed by atoms with E-state index in [0.29, 0.717) is 12.2 Å². The predicted octanol–water partition coefficient (Wildman–Crippen LogP) is 0.687. The van der Waals surface area contributed by atoms with E-state index in [-0.39, 0.29) is 11.4 Å². The van der Waals surface area contributed by atoms with Crippen LogP contribution in [0, 0.1) is 0 Å². The molecule has 1 saturated carbocycles. The first-order valence-corrected chi connectivity index (χ1v) is 5.72.